The smallest absolute Gasteiger partial charge is 0.251 e. The first-order chi connectivity index (χ1) is 14.7. The van der Waals surface area contributed by atoms with Gasteiger partial charge >= 0.3 is 0 Å². The van der Waals surface area contributed by atoms with E-state index in [-0.39, 0.29) is 18.7 Å². The Bertz CT molecular complexity index is 897. The summed E-state index contributed by atoms with van der Waals surface area (Å²) in [5.74, 6) is 2.42. The molecule has 4 rings (SSSR count). The maximum absolute atomic E-state index is 12.8. The largest absolute Gasteiger partial charge is 0.493 e. The van der Waals surface area contributed by atoms with Crippen LogP contribution in [0.2, 0.25) is 0 Å². The van der Waals surface area contributed by atoms with Gasteiger partial charge in [0.1, 0.15) is 0 Å². The van der Waals surface area contributed by atoms with Crippen LogP contribution in [0.15, 0.2) is 36.4 Å². The molecule has 1 atom stereocenters. The highest BCUT2D eigenvalue weighted by atomic mass is 16.7. The van der Waals surface area contributed by atoms with E-state index in [1.807, 2.05) is 18.2 Å². The standard InChI is InChI=1S/C22H26N2O6/c1-26-18-5-3-15(11-20(18)27-2)17(24-7-9-28-10-8-24)13-23-22(25)16-4-6-19-21(12-16)30-14-29-19/h3-6,11-12,17H,7-10,13-14H2,1-2H3,(H,23,25)/t17-/m1/s1. The maximum atomic E-state index is 12.8. The van der Waals surface area contributed by atoms with Crippen LogP contribution in [-0.2, 0) is 4.74 Å². The van der Waals surface area contributed by atoms with Crippen LogP contribution in [0.4, 0.5) is 0 Å². The Morgan fingerprint density at radius 2 is 1.80 bits per heavy atom. The highest BCUT2D eigenvalue weighted by Gasteiger charge is 2.25. The summed E-state index contributed by atoms with van der Waals surface area (Å²) in [7, 11) is 3.23. The van der Waals surface area contributed by atoms with E-state index in [0.29, 0.717) is 48.3 Å². The van der Waals surface area contributed by atoms with Gasteiger partial charge in [-0.3, -0.25) is 9.69 Å². The molecule has 0 spiro atoms. The number of carbonyl (C=O) groups is 1. The zero-order valence-electron chi connectivity index (χ0n) is 17.2. The Hall–Kier alpha value is -2.97. The lowest BCUT2D eigenvalue weighted by molar-refractivity contribution is 0.0162. The summed E-state index contributed by atoms with van der Waals surface area (Å²) in [6.07, 6.45) is 0. The minimum Gasteiger partial charge on any atom is -0.493 e. The molecule has 30 heavy (non-hydrogen) atoms. The number of nitrogens with zero attached hydrogens (tertiary/aromatic N) is 1. The van der Waals surface area contributed by atoms with Crippen LogP contribution in [0.1, 0.15) is 22.0 Å². The average molecular weight is 414 g/mol. The number of benzene rings is 2. The number of hydrogen-bond donors (Lipinski definition) is 1. The Labute approximate surface area is 175 Å². The topological polar surface area (TPSA) is 78.5 Å². The number of ether oxygens (including phenoxy) is 5. The van der Waals surface area contributed by atoms with Crippen LogP contribution in [0.5, 0.6) is 23.0 Å². The SMILES string of the molecule is COc1ccc([C@@H](CNC(=O)c2ccc3c(c2)OCO3)N2CCOCC2)cc1OC. The van der Waals surface area contributed by atoms with Crippen molar-refractivity contribution in [3.05, 3.63) is 47.5 Å². The third-order valence-corrected chi connectivity index (χ3v) is 5.37. The molecule has 8 nitrogen and oxygen atoms in total. The molecule has 1 saturated heterocycles. The Balaban J connectivity index is 1.52. The van der Waals surface area contributed by atoms with E-state index in [1.165, 1.54) is 0 Å². The number of carbonyl (C=O) groups excluding carboxylic acids is 1. The predicted octanol–water partition coefficient (Wildman–Crippen LogP) is 2.24. The summed E-state index contributed by atoms with van der Waals surface area (Å²) in [6.45, 7) is 3.54. The van der Waals surface area contributed by atoms with Crippen molar-refractivity contribution in [1.29, 1.82) is 0 Å². The Morgan fingerprint density at radius 3 is 2.57 bits per heavy atom. The van der Waals surface area contributed by atoms with Crippen LogP contribution in [0.3, 0.4) is 0 Å². The number of rotatable bonds is 7. The Morgan fingerprint density at radius 1 is 1.03 bits per heavy atom. The van der Waals surface area contributed by atoms with Crippen LogP contribution < -0.4 is 24.3 Å². The van der Waals surface area contributed by atoms with Crippen LogP contribution in [0.25, 0.3) is 0 Å². The summed E-state index contributed by atoms with van der Waals surface area (Å²) in [4.78, 5) is 15.1. The van der Waals surface area contributed by atoms with Crippen LogP contribution >= 0.6 is 0 Å². The number of amides is 1. The van der Waals surface area contributed by atoms with E-state index in [4.69, 9.17) is 23.7 Å². The summed E-state index contributed by atoms with van der Waals surface area (Å²) in [6, 6.07) is 11.0. The van der Waals surface area contributed by atoms with Crippen molar-refractivity contribution in [2.45, 2.75) is 6.04 Å². The summed E-state index contributed by atoms with van der Waals surface area (Å²) < 4.78 is 27.0. The van der Waals surface area contributed by atoms with Gasteiger partial charge in [0, 0.05) is 25.2 Å². The van der Waals surface area contributed by atoms with Gasteiger partial charge in [-0.2, -0.15) is 0 Å². The van der Waals surface area contributed by atoms with E-state index in [2.05, 4.69) is 10.2 Å². The van der Waals surface area contributed by atoms with Gasteiger partial charge in [-0.05, 0) is 35.9 Å². The van der Waals surface area contributed by atoms with Crippen LogP contribution in [-0.4, -0.2) is 64.7 Å². The second-order valence-corrected chi connectivity index (χ2v) is 7.06. The second-order valence-electron chi connectivity index (χ2n) is 7.06. The number of morpholine rings is 1. The third-order valence-electron chi connectivity index (χ3n) is 5.37. The fraction of sp³-hybridized carbons (Fsp3) is 0.409. The molecule has 1 amide bonds. The van der Waals surface area contributed by atoms with Crippen molar-refractivity contribution >= 4 is 5.91 Å². The maximum Gasteiger partial charge on any atom is 0.251 e. The molecule has 2 aromatic rings. The van der Waals surface area contributed by atoms with Crippen molar-refractivity contribution in [1.82, 2.24) is 10.2 Å². The van der Waals surface area contributed by atoms with Crippen molar-refractivity contribution in [3.63, 3.8) is 0 Å². The second kappa shape index (κ2) is 9.23. The zero-order chi connectivity index (χ0) is 20.9. The lowest BCUT2D eigenvalue weighted by Gasteiger charge is -2.35. The first-order valence-electron chi connectivity index (χ1n) is 9.91. The van der Waals surface area contributed by atoms with Gasteiger partial charge < -0.3 is 29.0 Å². The molecular weight excluding hydrogens is 388 g/mol. The van der Waals surface area contributed by atoms with Gasteiger partial charge in [0.15, 0.2) is 23.0 Å². The van der Waals surface area contributed by atoms with Gasteiger partial charge in [-0.25, -0.2) is 0 Å². The molecule has 2 aromatic carbocycles. The average Bonchev–Trinajstić information content (AvgIpc) is 3.27. The molecule has 160 valence electrons. The number of hydrogen-bond acceptors (Lipinski definition) is 7. The third kappa shape index (κ3) is 4.29. The van der Waals surface area contributed by atoms with E-state index in [0.717, 1.165) is 18.7 Å². The van der Waals surface area contributed by atoms with E-state index in [9.17, 15) is 4.79 Å². The molecule has 2 aliphatic rings. The first-order valence-corrected chi connectivity index (χ1v) is 9.91. The number of methoxy groups -OCH3 is 2. The van der Waals surface area contributed by atoms with Crippen molar-refractivity contribution in [2.24, 2.45) is 0 Å². The number of fused-ring (bicyclic) bond motifs is 1. The molecule has 0 aliphatic carbocycles. The van der Waals surface area contributed by atoms with E-state index >= 15 is 0 Å². The van der Waals surface area contributed by atoms with E-state index < -0.39 is 0 Å². The monoisotopic (exact) mass is 414 g/mol. The molecule has 0 radical (unpaired) electrons. The molecule has 2 aliphatic heterocycles. The van der Waals surface area contributed by atoms with Crippen molar-refractivity contribution in [3.8, 4) is 23.0 Å². The van der Waals surface area contributed by atoms with Gasteiger partial charge in [0.05, 0.1) is 33.5 Å². The molecule has 1 fully saturated rings. The molecule has 2 heterocycles. The lowest BCUT2D eigenvalue weighted by Crippen LogP contribution is -2.43. The molecule has 0 bridgehead atoms. The molecule has 0 aromatic heterocycles. The van der Waals surface area contributed by atoms with Crippen molar-refractivity contribution < 1.29 is 28.5 Å². The number of nitrogens with one attached hydrogen (secondary N) is 1. The summed E-state index contributed by atoms with van der Waals surface area (Å²) >= 11 is 0. The van der Waals surface area contributed by atoms with Gasteiger partial charge in [-0.1, -0.05) is 6.07 Å². The van der Waals surface area contributed by atoms with Gasteiger partial charge in [-0.15, -0.1) is 0 Å². The predicted molar refractivity (Wildman–Crippen MR) is 110 cm³/mol. The summed E-state index contributed by atoms with van der Waals surface area (Å²) in [5.41, 5.74) is 1.58. The molecule has 8 heteroatoms. The van der Waals surface area contributed by atoms with Gasteiger partial charge in [0.25, 0.3) is 5.91 Å². The summed E-state index contributed by atoms with van der Waals surface area (Å²) in [5, 5.41) is 3.06. The molecule has 0 saturated carbocycles. The van der Waals surface area contributed by atoms with Crippen LogP contribution in [0, 0.1) is 0 Å². The molecule has 0 unspecified atom stereocenters. The van der Waals surface area contributed by atoms with Gasteiger partial charge in [0.2, 0.25) is 6.79 Å². The fourth-order valence-electron chi connectivity index (χ4n) is 3.74. The lowest BCUT2D eigenvalue weighted by atomic mass is 10.0. The molecule has 1 N–H and O–H groups in total. The fourth-order valence-corrected chi connectivity index (χ4v) is 3.74. The highest BCUT2D eigenvalue weighted by molar-refractivity contribution is 5.95. The first kappa shape index (κ1) is 20.3. The normalized spacial score (nSPS) is 16.7. The van der Waals surface area contributed by atoms with Crippen molar-refractivity contribution in [2.75, 3.05) is 53.9 Å². The quantitative estimate of drug-likeness (QED) is 0.744. The zero-order valence-corrected chi connectivity index (χ0v) is 17.2. The van der Waals surface area contributed by atoms with E-state index in [1.54, 1.807) is 32.4 Å². The minimum atomic E-state index is -0.160. The Kier molecular flexibility index (Phi) is 6.25. The highest BCUT2D eigenvalue weighted by Crippen LogP contribution is 2.33. The minimum absolute atomic E-state index is 0.0216. The molecular formula is C22H26N2O6.